The number of rotatable bonds is 12. The fourth-order valence-corrected chi connectivity index (χ4v) is 4.21. The Labute approximate surface area is 224 Å². The molecule has 2 amide bonds. The quantitative estimate of drug-likeness (QED) is 0.191. The van der Waals surface area contributed by atoms with Crippen LogP contribution in [0.5, 0.6) is 0 Å². The summed E-state index contributed by atoms with van der Waals surface area (Å²) in [5.74, 6) is -1.12. The van der Waals surface area contributed by atoms with E-state index in [0.29, 0.717) is 11.3 Å². The summed E-state index contributed by atoms with van der Waals surface area (Å²) < 4.78 is 0. The summed E-state index contributed by atoms with van der Waals surface area (Å²) in [5.41, 5.74) is 1.71. The van der Waals surface area contributed by atoms with E-state index >= 15 is 0 Å². The van der Waals surface area contributed by atoms with Gasteiger partial charge in [0.1, 0.15) is 6.04 Å². The average Bonchev–Trinajstić information content (AvgIpc) is 2.92. The van der Waals surface area contributed by atoms with Gasteiger partial charge in [-0.2, -0.15) is 16.9 Å². The first-order valence-electron chi connectivity index (χ1n) is 11.1. The summed E-state index contributed by atoms with van der Waals surface area (Å²) in [6, 6.07) is 16.1. The summed E-state index contributed by atoms with van der Waals surface area (Å²) in [4.78, 5) is 56.8. The van der Waals surface area contributed by atoms with Gasteiger partial charge in [-0.3, -0.25) is 39.9 Å². The molecule has 200 valence electrons. The van der Waals surface area contributed by atoms with E-state index in [9.17, 15) is 39.9 Å². The molecule has 1 atom stereocenters. The number of benzene rings is 3. The SMILES string of the molecule is O=C(N[C@H](CSCc1ccccc1)C(=O)N/N=C\c1cccc([N+](=O)[O-])c1)c1cc([N+](=O)[O-])cc([N+](=O)[O-])c1. The number of thioether (sulfide) groups is 1. The minimum Gasteiger partial charge on any atom is -0.339 e. The molecular formula is C24H20N6O8S. The maximum absolute atomic E-state index is 12.9. The van der Waals surface area contributed by atoms with E-state index in [4.69, 9.17) is 0 Å². The molecule has 0 radical (unpaired) electrons. The second kappa shape index (κ2) is 13.4. The van der Waals surface area contributed by atoms with Crippen molar-refractivity contribution >= 4 is 46.9 Å². The van der Waals surface area contributed by atoms with Gasteiger partial charge in [0.25, 0.3) is 28.9 Å². The van der Waals surface area contributed by atoms with Crippen molar-refractivity contribution in [3.05, 3.63) is 120 Å². The predicted octanol–water partition coefficient (Wildman–Crippen LogP) is 3.59. The monoisotopic (exact) mass is 552 g/mol. The zero-order valence-electron chi connectivity index (χ0n) is 20.0. The highest BCUT2D eigenvalue weighted by Crippen LogP contribution is 2.23. The Hall–Kier alpha value is -5.18. The summed E-state index contributed by atoms with van der Waals surface area (Å²) >= 11 is 1.31. The molecule has 0 saturated carbocycles. The van der Waals surface area contributed by atoms with Crippen molar-refractivity contribution in [1.82, 2.24) is 10.7 Å². The first-order chi connectivity index (χ1) is 18.6. The molecule has 0 bridgehead atoms. The third kappa shape index (κ3) is 8.43. The van der Waals surface area contributed by atoms with Crippen molar-refractivity contribution in [2.45, 2.75) is 11.8 Å². The van der Waals surface area contributed by atoms with E-state index < -0.39 is 44.0 Å². The van der Waals surface area contributed by atoms with Gasteiger partial charge in [-0.25, -0.2) is 5.43 Å². The van der Waals surface area contributed by atoms with Gasteiger partial charge in [-0.15, -0.1) is 0 Å². The van der Waals surface area contributed by atoms with Crippen LogP contribution in [-0.2, 0) is 10.5 Å². The van der Waals surface area contributed by atoms with E-state index in [1.807, 2.05) is 30.3 Å². The van der Waals surface area contributed by atoms with Crippen molar-refractivity contribution in [1.29, 1.82) is 0 Å². The highest BCUT2D eigenvalue weighted by molar-refractivity contribution is 7.98. The zero-order valence-corrected chi connectivity index (χ0v) is 20.8. The second-order valence-corrected chi connectivity index (χ2v) is 8.90. The third-order valence-corrected chi connectivity index (χ3v) is 6.18. The number of nitro benzene ring substituents is 3. The number of nitrogens with zero attached hydrogens (tertiary/aromatic N) is 4. The van der Waals surface area contributed by atoms with Gasteiger partial charge >= 0.3 is 0 Å². The van der Waals surface area contributed by atoms with Crippen molar-refractivity contribution in [2.24, 2.45) is 5.10 Å². The first kappa shape index (κ1) is 28.4. The van der Waals surface area contributed by atoms with Crippen LogP contribution in [0.2, 0.25) is 0 Å². The number of carbonyl (C=O) groups is 2. The maximum atomic E-state index is 12.9. The number of carbonyl (C=O) groups excluding carboxylic acids is 2. The topological polar surface area (TPSA) is 200 Å². The van der Waals surface area contributed by atoms with Gasteiger partial charge in [0, 0.05) is 41.3 Å². The fourth-order valence-electron chi connectivity index (χ4n) is 3.20. The van der Waals surface area contributed by atoms with Crippen LogP contribution in [0.15, 0.2) is 77.9 Å². The molecule has 0 spiro atoms. The number of hydrogen-bond donors (Lipinski definition) is 2. The van der Waals surface area contributed by atoms with Crippen LogP contribution in [0.4, 0.5) is 17.1 Å². The lowest BCUT2D eigenvalue weighted by atomic mass is 10.1. The summed E-state index contributed by atoms with van der Waals surface area (Å²) in [6.07, 6.45) is 1.19. The molecule has 2 N–H and O–H groups in total. The minimum atomic E-state index is -1.19. The lowest BCUT2D eigenvalue weighted by molar-refractivity contribution is -0.394. The molecule has 0 fully saturated rings. The number of hydrogen-bond acceptors (Lipinski definition) is 10. The van der Waals surface area contributed by atoms with Gasteiger partial charge in [0.15, 0.2) is 0 Å². The van der Waals surface area contributed by atoms with Crippen molar-refractivity contribution in [3.8, 4) is 0 Å². The molecule has 0 aliphatic heterocycles. The van der Waals surface area contributed by atoms with Crippen LogP contribution >= 0.6 is 11.8 Å². The largest absolute Gasteiger partial charge is 0.339 e. The van der Waals surface area contributed by atoms with Gasteiger partial charge in [0.05, 0.1) is 32.6 Å². The lowest BCUT2D eigenvalue weighted by Gasteiger charge is -2.17. The third-order valence-electron chi connectivity index (χ3n) is 5.07. The van der Waals surface area contributed by atoms with Gasteiger partial charge < -0.3 is 5.32 Å². The zero-order chi connectivity index (χ0) is 28.4. The molecule has 0 aliphatic carbocycles. The van der Waals surface area contributed by atoms with Crippen LogP contribution in [0.3, 0.4) is 0 Å². The molecule has 0 saturated heterocycles. The molecule has 0 aromatic heterocycles. The van der Waals surface area contributed by atoms with E-state index in [1.54, 1.807) is 0 Å². The van der Waals surface area contributed by atoms with Gasteiger partial charge in [0.2, 0.25) is 0 Å². The van der Waals surface area contributed by atoms with Gasteiger partial charge in [-0.05, 0) is 5.56 Å². The molecule has 0 aliphatic rings. The molecule has 3 aromatic rings. The molecule has 0 unspecified atom stereocenters. The smallest absolute Gasteiger partial charge is 0.277 e. The Kier molecular flexibility index (Phi) is 9.75. The number of nitrogens with one attached hydrogen (secondary N) is 2. The van der Waals surface area contributed by atoms with Crippen LogP contribution in [0, 0.1) is 30.3 Å². The fraction of sp³-hybridized carbons (Fsp3) is 0.125. The van der Waals surface area contributed by atoms with Crippen LogP contribution < -0.4 is 10.7 Å². The van der Waals surface area contributed by atoms with Crippen molar-refractivity contribution < 1.29 is 24.4 Å². The highest BCUT2D eigenvalue weighted by Gasteiger charge is 2.25. The van der Waals surface area contributed by atoms with Crippen LogP contribution in [0.25, 0.3) is 0 Å². The van der Waals surface area contributed by atoms with E-state index in [2.05, 4.69) is 15.8 Å². The number of hydrazone groups is 1. The molecular weight excluding hydrogens is 532 g/mol. The predicted molar refractivity (Wildman–Crippen MR) is 142 cm³/mol. The lowest BCUT2D eigenvalue weighted by Crippen LogP contribution is -2.47. The van der Waals surface area contributed by atoms with Crippen molar-refractivity contribution in [2.75, 3.05) is 5.75 Å². The second-order valence-electron chi connectivity index (χ2n) is 7.87. The van der Waals surface area contributed by atoms with Crippen molar-refractivity contribution in [3.63, 3.8) is 0 Å². The normalized spacial score (nSPS) is 11.5. The average molecular weight is 553 g/mol. The molecule has 14 nitrogen and oxygen atoms in total. The Morgan fingerprint density at radius 2 is 1.49 bits per heavy atom. The summed E-state index contributed by atoms with van der Waals surface area (Å²) in [6.45, 7) is 0. The number of amides is 2. The standard InChI is InChI=1S/C24H20N6O8S/c31-23(18-10-20(29(35)36)12-21(11-18)30(37)38)26-22(15-39-14-16-5-2-1-3-6-16)24(32)27-25-13-17-7-4-8-19(9-17)28(33)34/h1-13,22H,14-15H2,(H,26,31)(H,27,32)/b25-13-/t22-/m1/s1. The molecule has 39 heavy (non-hydrogen) atoms. The van der Waals surface area contributed by atoms with Crippen LogP contribution in [-0.4, -0.2) is 44.6 Å². The first-order valence-corrected chi connectivity index (χ1v) is 12.2. The summed E-state index contributed by atoms with van der Waals surface area (Å²) in [7, 11) is 0. The minimum absolute atomic E-state index is 0.0653. The van der Waals surface area contributed by atoms with Crippen LogP contribution in [0.1, 0.15) is 21.5 Å². The molecule has 3 rings (SSSR count). The van der Waals surface area contributed by atoms with E-state index in [-0.39, 0.29) is 17.0 Å². The Morgan fingerprint density at radius 3 is 2.10 bits per heavy atom. The Morgan fingerprint density at radius 1 is 0.846 bits per heavy atom. The molecule has 15 heteroatoms. The number of nitro groups is 3. The Balaban J connectivity index is 1.77. The molecule has 3 aromatic carbocycles. The van der Waals surface area contributed by atoms with Gasteiger partial charge in [-0.1, -0.05) is 42.5 Å². The Bertz CT molecular complexity index is 1400. The molecule has 0 heterocycles. The van der Waals surface area contributed by atoms with E-state index in [1.165, 1.54) is 42.2 Å². The number of non-ortho nitro benzene ring substituents is 3. The van der Waals surface area contributed by atoms with E-state index in [0.717, 1.165) is 23.8 Å². The maximum Gasteiger partial charge on any atom is 0.277 e. The summed E-state index contributed by atoms with van der Waals surface area (Å²) in [5, 5.41) is 39.5. The highest BCUT2D eigenvalue weighted by atomic mass is 32.2.